The molecule has 0 atom stereocenters. The Morgan fingerprint density at radius 1 is 1.14 bits per heavy atom. The van der Waals surface area contributed by atoms with E-state index in [4.69, 9.17) is 0 Å². The van der Waals surface area contributed by atoms with E-state index >= 15 is 0 Å². The first-order valence-electron chi connectivity index (χ1n) is 2.05. The van der Waals surface area contributed by atoms with Crippen LogP contribution in [0.25, 0.3) is 5.32 Å². The molecule has 47 valence electrons. The Morgan fingerprint density at radius 2 is 1.43 bits per heavy atom. The molecule has 0 N–H and O–H groups in total. The summed E-state index contributed by atoms with van der Waals surface area (Å²) in [6.45, 7) is 6.03. The average molecular weight is 274 g/mol. The normalized spacial score (nSPS) is 6.00. The molecule has 0 aliphatic carbocycles. The molecular weight excluding hydrogens is 264 g/mol. The summed E-state index contributed by atoms with van der Waals surface area (Å²) in [5.41, 5.74) is 0. The Balaban J connectivity index is -0.0000000800. The third-order valence-electron chi connectivity index (χ3n) is 0.447. The third kappa shape index (κ3) is 19.0. The van der Waals surface area contributed by atoms with Gasteiger partial charge in [-0.15, -0.1) is 0 Å². The van der Waals surface area contributed by atoms with E-state index in [9.17, 15) is 0 Å². The topological polar surface area (TPSA) is 14.1 Å². The Labute approximate surface area is 71.2 Å². The van der Waals surface area contributed by atoms with E-state index in [2.05, 4.69) is 5.32 Å². The van der Waals surface area contributed by atoms with Crippen LogP contribution in [-0.4, -0.2) is 13.1 Å². The van der Waals surface area contributed by atoms with Gasteiger partial charge in [0.05, 0.1) is 0 Å². The summed E-state index contributed by atoms with van der Waals surface area (Å²) in [4.78, 5) is 0. The molecule has 1 radical (unpaired) electrons. The molecule has 7 heavy (non-hydrogen) atoms. The van der Waals surface area contributed by atoms with Crippen LogP contribution in [0.15, 0.2) is 0 Å². The van der Waals surface area contributed by atoms with Crippen molar-refractivity contribution in [1.29, 1.82) is 0 Å². The molecule has 1 nitrogen and oxygen atoms in total. The van der Waals surface area contributed by atoms with Crippen molar-refractivity contribution in [1.82, 2.24) is 0 Å². The van der Waals surface area contributed by atoms with Crippen LogP contribution >= 0.6 is 0 Å². The predicted octanol–water partition coefficient (Wildman–Crippen LogP) is 1.39. The molecule has 0 bridgehead atoms. The predicted molar refractivity (Wildman–Crippen MR) is 24.4 cm³/mol. The van der Waals surface area contributed by atoms with Crippen molar-refractivity contribution in [2.45, 2.75) is 13.8 Å². The molecule has 0 aromatic heterocycles. The minimum atomic E-state index is 0. The van der Waals surface area contributed by atoms with Crippen LogP contribution in [0.4, 0.5) is 0 Å². The summed E-state index contributed by atoms with van der Waals surface area (Å²) >= 11 is 0. The van der Waals surface area contributed by atoms with Gasteiger partial charge in [-0.1, -0.05) is 13.8 Å². The van der Waals surface area contributed by atoms with Crippen molar-refractivity contribution < 1.29 is 39.0 Å². The summed E-state index contributed by atoms with van der Waals surface area (Å²) in [7, 11) is 0. The van der Waals surface area contributed by atoms with Gasteiger partial charge in [-0.25, -0.2) is 0 Å². The van der Waals surface area contributed by atoms with Crippen LogP contribution in [0.1, 0.15) is 13.8 Å². The van der Waals surface area contributed by atoms with Crippen LogP contribution in [0.2, 0.25) is 0 Å². The van der Waals surface area contributed by atoms with E-state index in [1.54, 1.807) is 0 Å². The second-order valence-electron chi connectivity index (χ2n) is 0.856. The molecule has 0 rings (SSSR count). The fourth-order valence-corrected chi connectivity index (χ4v) is 0.224. The van der Waals surface area contributed by atoms with Crippen molar-refractivity contribution in [3.05, 3.63) is 5.32 Å². The number of hydrogen-bond acceptors (Lipinski definition) is 0. The molecule has 0 amide bonds. The quantitative estimate of drug-likeness (QED) is 0.676. The standard InChI is InChI=1S/C4H10N.2Ru/c1-3-5-4-2;;/h3-4H2,1-2H3;;/q-1;;+1. The minimum absolute atomic E-state index is 0. The summed E-state index contributed by atoms with van der Waals surface area (Å²) in [6.07, 6.45) is 0. The first kappa shape index (κ1) is 15.7. The first-order chi connectivity index (χ1) is 2.41. The van der Waals surface area contributed by atoms with E-state index < -0.39 is 0 Å². The fourth-order valence-electron chi connectivity index (χ4n) is 0.224. The Kier molecular flexibility index (Phi) is 35.2. The monoisotopic (exact) mass is 276 g/mol. The zero-order chi connectivity index (χ0) is 4.12. The molecule has 0 aliphatic heterocycles. The van der Waals surface area contributed by atoms with Crippen molar-refractivity contribution in [2.75, 3.05) is 13.1 Å². The second kappa shape index (κ2) is 15.7. The molecule has 0 unspecified atom stereocenters. The molecule has 0 aliphatic rings. The maximum absolute atomic E-state index is 3.97. The van der Waals surface area contributed by atoms with Crippen LogP contribution in [0, 0.1) is 0 Å². The number of hydrogen-bond donors (Lipinski definition) is 0. The van der Waals surface area contributed by atoms with Gasteiger partial charge in [0.2, 0.25) is 0 Å². The number of rotatable bonds is 2. The van der Waals surface area contributed by atoms with Crippen molar-refractivity contribution in [2.24, 2.45) is 0 Å². The fraction of sp³-hybridized carbons (Fsp3) is 1.00. The van der Waals surface area contributed by atoms with Gasteiger partial charge in [0.25, 0.3) is 0 Å². The molecule has 3 heteroatoms. The van der Waals surface area contributed by atoms with Crippen molar-refractivity contribution in [3.8, 4) is 0 Å². The van der Waals surface area contributed by atoms with E-state index in [0.29, 0.717) is 0 Å². The molecule has 0 heterocycles. The van der Waals surface area contributed by atoms with Gasteiger partial charge in [0.1, 0.15) is 0 Å². The number of nitrogens with zero attached hydrogens (tertiary/aromatic N) is 1. The van der Waals surface area contributed by atoms with Crippen molar-refractivity contribution in [3.63, 3.8) is 0 Å². The molecule has 0 spiro atoms. The van der Waals surface area contributed by atoms with Gasteiger partial charge in [-0.05, 0) is 0 Å². The van der Waals surface area contributed by atoms with Crippen LogP contribution in [0.3, 0.4) is 0 Å². The third-order valence-corrected chi connectivity index (χ3v) is 0.447. The van der Waals surface area contributed by atoms with Crippen molar-refractivity contribution >= 4 is 0 Å². The second-order valence-corrected chi connectivity index (χ2v) is 0.856. The van der Waals surface area contributed by atoms with Gasteiger partial charge >= 0.3 is 19.5 Å². The minimum Gasteiger partial charge on any atom is -0.663 e. The largest absolute Gasteiger partial charge is 1.00 e. The molecule has 0 fully saturated rings. The molecule has 0 saturated carbocycles. The van der Waals surface area contributed by atoms with Gasteiger partial charge in [0.15, 0.2) is 0 Å². The molecular formula is C4H10NRu2. The first-order valence-corrected chi connectivity index (χ1v) is 2.05. The van der Waals surface area contributed by atoms with E-state index in [-0.39, 0.29) is 39.0 Å². The summed E-state index contributed by atoms with van der Waals surface area (Å²) < 4.78 is 0. The van der Waals surface area contributed by atoms with E-state index in [0.717, 1.165) is 13.1 Å². The molecule has 0 aromatic carbocycles. The average Bonchev–Trinajstić information content (AvgIpc) is 1.41. The van der Waals surface area contributed by atoms with Crippen LogP contribution < -0.4 is 0 Å². The Morgan fingerprint density at radius 3 is 1.43 bits per heavy atom. The zero-order valence-corrected chi connectivity index (χ0v) is 8.04. The molecule has 0 aromatic rings. The summed E-state index contributed by atoms with van der Waals surface area (Å²) in [6, 6.07) is 0. The maximum atomic E-state index is 3.97. The SMILES string of the molecule is CC[N-]CC.[Ru+].[Ru]. The molecule has 0 saturated heterocycles. The summed E-state index contributed by atoms with van der Waals surface area (Å²) in [5.74, 6) is 0. The Hall–Kier alpha value is 1.21. The van der Waals surface area contributed by atoms with E-state index in [1.165, 1.54) is 0 Å². The van der Waals surface area contributed by atoms with Crippen LogP contribution in [0.5, 0.6) is 0 Å². The van der Waals surface area contributed by atoms with Gasteiger partial charge in [-0.2, -0.15) is 13.1 Å². The Bertz CT molecular complexity index is 17.2. The van der Waals surface area contributed by atoms with Gasteiger partial charge < -0.3 is 5.32 Å². The van der Waals surface area contributed by atoms with Crippen LogP contribution in [-0.2, 0) is 39.0 Å². The van der Waals surface area contributed by atoms with E-state index in [1.807, 2.05) is 13.8 Å². The van der Waals surface area contributed by atoms with Gasteiger partial charge in [0, 0.05) is 19.5 Å². The zero-order valence-electron chi connectivity index (χ0n) is 4.57. The summed E-state index contributed by atoms with van der Waals surface area (Å²) in [5, 5.41) is 3.97. The maximum Gasteiger partial charge on any atom is 1.00 e. The smallest absolute Gasteiger partial charge is 0.663 e. The van der Waals surface area contributed by atoms with Gasteiger partial charge in [-0.3, -0.25) is 0 Å².